The van der Waals surface area contributed by atoms with Crippen LogP contribution in [-0.4, -0.2) is 43.0 Å². The van der Waals surface area contributed by atoms with Crippen LogP contribution in [0.5, 0.6) is 0 Å². The smallest absolute Gasteiger partial charge is 0.478 e. The Kier molecular flexibility index (Phi) is 5.18. The molecule has 2 rings (SSSR count). The van der Waals surface area contributed by atoms with Crippen LogP contribution < -0.4 is 5.32 Å². The molecule has 1 heterocycles. The summed E-state index contributed by atoms with van der Waals surface area (Å²) >= 11 is 0. The Labute approximate surface area is 142 Å². The topological polar surface area (TPSA) is 67.8 Å². The molecule has 1 aromatic rings. The number of carboxylic acid groups (broad SMARTS) is 1. The molecular weight excluding hydrogens is 312 g/mol. The highest BCUT2D eigenvalue weighted by atomic mass is 19.1. The summed E-state index contributed by atoms with van der Waals surface area (Å²) in [5, 5.41) is 12.3. The molecule has 5 nitrogen and oxygen atoms in total. The molecule has 1 aromatic carbocycles. The van der Waals surface area contributed by atoms with Gasteiger partial charge < -0.3 is 19.7 Å². The first-order valence-electron chi connectivity index (χ1n) is 7.81. The van der Waals surface area contributed by atoms with Gasteiger partial charge in [-0.25, -0.2) is 9.18 Å². The number of benzene rings is 1. The van der Waals surface area contributed by atoms with Crippen molar-refractivity contribution in [3.05, 3.63) is 40.6 Å². The third-order valence-corrected chi connectivity index (χ3v) is 4.54. The number of halogens is 1. The molecule has 1 aliphatic heterocycles. The Morgan fingerprint density at radius 3 is 2.38 bits per heavy atom. The van der Waals surface area contributed by atoms with E-state index in [0.29, 0.717) is 12.0 Å². The number of carboxylic acids is 1. The Morgan fingerprint density at radius 1 is 1.29 bits per heavy atom. The lowest BCUT2D eigenvalue weighted by atomic mass is 9.76. The average Bonchev–Trinajstić information content (AvgIpc) is 2.66. The van der Waals surface area contributed by atoms with Crippen molar-refractivity contribution >= 4 is 19.2 Å². The number of aromatic carboxylic acids is 1. The summed E-state index contributed by atoms with van der Waals surface area (Å²) in [5.41, 5.74) is -0.404. The largest absolute Gasteiger partial charge is 0.491 e. The van der Waals surface area contributed by atoms with Gasteiger partial charge in [-0.2, -0.15) is 0 Å². The van der Waals surface area contributed by atoms with Gasteiger partial charge in [0.25, 0.3) is 0 Å². The summed E-state index contributed by atoms with van der Waals surface area (Å²) in [5.74, 6) is -2.08. The second kappa shape index (κ2) is 6.66. The fourth-order valence-corrected chi connectivity index (χ4v) is 2.49. The van der Waals surface area contributed by atoms with Crippen molar-refractivity contribution in [3.63, 3.8) is 0 Å². The molecule has 0 atom stereocenters. The van der Waals surface area contributed by atoms with Crippen LogP contribution in [0.3, 0.4) is 0 Å². The molecule has 7 heteroatoms. The van der Waals surface area contributed by atoms with Gasteiger partial charge in [-0.1, -0.05) is 18.2 Å². The summed E-state index contributed by atoms with van der Waals surface area (Å²) in [6, 6.07) is 4.18. The van der Waals surface area contributed by atoms with Gasteiger partial charge in [0.15, 0.2) is 0 Å². The van der Waals surface area contributed by atoms with Gasteiger partial charge >= 0.3 is 13.1 Å². The van der Waals surface area contributed by atoms with Crippen LogP contribution in [-0.2, 0) is 9.31 Å². The van der Waals surface area contributed by atoms with Crippen molar-refractivity contribution in [3.8, 4) is 0 Å². The van der Waals surface area contributed by atoms with Gasteiger partial charge in [0, 0.05) is 6.54 Å². The molecule has 24 heavy (non-hydrogen) atoms. The molecule has 2 N–H and O–H groups in total. The van der Waals surface area contributed by atoms with Crippen molar-refractivity contribution in [2.45, 2.75) is 38.9 Å². The van der Waals surface area contributed by atoms with E-state index >= 15 is 0 Å². The van der Waals surface area contributed by atoms with Crippen LogP contribution in [0, 0.1) is 5.82 Å². The maximum Gasteiger partial charge on any atom is 0.491 e. The van der Waals surface area contributed by atoms with E-state index < -0.39 is 30.1 Å². The number of hydrogen-bond donors (Lipinski definition) is 2. The Morgan fingerprint density at radius 2 is 1.88 bits per heavy atom. The van der Waals surface area contributed by atoms with Gasteiger partial charge in [0.2, 0.25) is 0 Å². The van der Waals surface area contributed by atoms with E-state index in [-0.39, 0.29) is 11.1 Å². The Balaban J connectivity index is 2.45. The predicted octanol–water partition coefficient (Wildman–Crippen LogP) is 2.76. The number of hydrogen-bond acceptors (Lipinski definition) is 4. The van der Waals surface area contributed by atoms with Gasteiger partial charge in [0.05, 0.1) is 11.2 Å². The minimum absolute atomic E-state index is 0.280. The molecule has 1 aliphatic rings. The zero-order valence-electron chi connectivity index (χ0n) is 14.6. The van der Waals surface area contributed by atoms with E-state index in [0.717, 1.165) is 6.07 Å². The van der Waals surface area contributed by atoms with Gasteiger partial charge in [0.1, 0.15) is 11.4 Å². The molecule has 0 amide bonds. The lowest BCUT2D eigenvalue weighted by Gasteiger charge is -2.32. The summed E-state index contributed by atoms with van der Waals surface area (Å²) in [6.45, 7) is 8.18. The van der Waals surface area contributed by atoms with E-state index in [4.69, 9.17) is 9.31 Å². The first-order valence-corrected chi connectivity index (χ1v) is 7.81. The van der Waals surface area contributed by atoms with Crippen molar-refractivity contribution < 1.29 is 23.6 Å². The minimum atomic E-state index is -1.31. The van der Waals surface area contributed by atoms with Crippen molar-refractivity contribution in [1.29, 1.82) is 0 Å². The van der Waals surface area contributed by atoms with Crippen molar-refractivity contribution in [1.82, 2.24) is 5.32 Å². The second-order valence-electron chi connectivity index (χ2n) is 6.85. The fourth-order valence-electron chi connectivity index (χ4n) is 2.49. The normalized spacial score (nSPS) is 19.6. The standard InChI is InChI=1S/C17H23BFNO4/c1-16(2)17(3,4)24-18(23-16)12(10-20-5)9-11-7-6-8-13(19)14(11)15(21)22/h6-9,20H,10H2,1-5H3,(H,21,22). The highest BCUT2D eigenvalue weighted by Gasteiger charge is 2.52. The highest BCUT2D eigenvalue weighted by molar-refractivity contribution is 6.56. The first-order chi connectivity index (χ1) is 11.1. The fraction of sp³-hybridized carbons (Fsp3) is 0.471. The van der Waals surface area contributed by atoms with Gasteiger partial charge in [-0.05, 0) is 51.8 Å². The average molecular weight is 335 g/mol. The molecule has 1 saturated heterocycles. The van der Waals surface area contributed by atoms with E-state index in [2.05, 4.69) is 5.32 Å². The first kappa shape index (κ1) is 18.6. The van der Waals surface area contributed by atoms with Crippen LogP contribution in [0.1, 0.15) is 43.6 Å². The van der Waals surface area contributed by atoms with Crippen molar-refractivity contribution in [2.24, 2.45) is 0 Å². The molecule has 0 unspecified atom stereocenters. The minimum Gasteiger partial charge on any atom is -0.478 e. The highest BCUT2D eigenvalue weighted by Crippen LogP contribution is 2.38. The second-order valence-corrected chi connectivity index (χ2v) is 6.85. The number of nitrogens with one attached hydrogen (secondary N) is 1. The SMILES string of the molecule is CNCC(=Cc1cccc(F)c1C(=O)O)B1OC(C)(C)C(C)(C)O1. The molecular formula is C17H23BFNO4. The molecule has 0 spiro atoms. The van der Waals surface area contributed by atoms with Crippen LogP contribution >= 0.6 is 0 Å². The van der Waals surface area contributed by atoms with Crippen LogP contribution in [0.25, 0.3) is 6.08 Å². The predicted molar refractivity (Wildman–Crippen MR) is 91.3 cm³/mol. The summed E-state index contributed by atoms with van der Waals surface area (Å²) < 4.78 is 25.9. The number of likely N-dealkylation sites (N-methyl/N-ethyl adjacent to an activating group) is 1. The third-order valence-electron chi connectivity index (χ3n) is 4.54. The lowest BCUT2D eigenvalue weighted by molar-refractivity contribution is 0.00578. The van der Waals surface area contributed by atoms with Crippen LogP contribution in [0.15, 0.2) is 23.7 Å². The monoisotopic (exact) mass is 335 g/mol. The molecule has 0 aromatic heterocycles. The number of rotatable bonds is 5. The van der Waals surface area contributed by atoms with Crippen LogP contribution in [0.4, 0.5) is 4.39 Å². The molecule has 0 bridgehead atoms. The van der Waals surface area contributed by atoms with E-state index in [9.17, 15) is 14.3 Å². The molecule has 0 radical (unpaired) electrons. The van der Waals surface area contributed by atoms with Gasteiger partial charge in [-0.15, -0.1) is 0 Å². The summed E-state index contributed by atoms with van der Waals surface area (Å²) in [6.07, 6.45) is 1.62. The maximum absolute atomic E-state index is 13.9. The Bertz CT molecular complexity index is 657. The summed E-state index contributed by atoms with van der Waals surface area (Å²) in [7, 11) is 1.13. The van der Waals surface area contributed by atoms with E-state index in [1.54, 1.807) is 19.2 Å². The number of carbonyl (C=O) groups is 1. The zero-order chi connectivity index (χ0) is 18.1. The molecule has 0 saturated carbocycles. The lowest BCUT2D eigenvalue weighted by Crippen LogP contribution is -2.41. The zero-order valence-corrected chi connectivity index (χ0v) is 14.6. The van der Waals surface area contributed by atoms with Crippen molar-refractivity contribution in [2.75, 3.05) is 13.6 Å². The maximum atomic E-state index is 13.9. The van der Waals surface area contributed by atoms with E-state index in [1.807, 2.05) is 27.7 Å². The summed E-state index contributed by atoms with van der Waals surface area (Å²) in [4.78, 5) is 11.4. The van der Waals surface area contributed by atoms with E-state index in [1.165, 1.54) is 6.07 Å². The molecule has 0 aliphatic carbocycles. The van der Waals surface area contributed by atoms with Crippen LogP contribution in [0.2, 0.25) is 0 Å². The third kappa shape index (κ3) is 3.53. The molecule has 130 valence electrons. The molecule has 1 fully saturated rings. The Hall–Kier alpha value is -1.70. The quantitative estimate of drug-likeness (QED) is 0.810. The van der Waals surface area contributed by atoms with Gasteiger partial charge in [-0.3, -0.25) is 0 Å².